The standard InChI is InChI=1S/C26H27N5O/c1-30-18-23(16-29-30)25-12-21-11-24(27-14-22(21)15-28-25)13-26(32)20-7-9-31(10-8-20)17-19-5-3-2-4-6-19/h2-6,11-12,14-16,18,20H,7-10,13,17H2,1H3. The summed E-state index contributed by atoms with van der Waals surface area (Å²) < 4.78 is 1.77. The molecule has 32 heavy (non-hydrogen) atoms. The van der Waals surface area contributed by atoms with Crippen molar-refractivity contribution in [1.29, 1.82) is 0 Å². The first-order chi connectivity index (χ1) is 15.6. The quantitative estimate of drug-likeness (QED) is 0.466. The van der Waals surface area contributed by atoms with E-state index in [-0.39, 0.29) is 5.92 Å². The second kappa shape index (κ2) is 9.01. The molecule has 0 unspecified atom stereocenters. The van der Waals surface area contributed by atoms with Crippen LogP contribution in [0.3, 0.4) is 0 Å². The summed E-state index contributed by atoms with van der Waals surface area (Å²) in [6.45, 7) is 2.90. The maximum atomic E-state index is 13.0. The molecule has 4 aromatic rings. The first-order valence-corrected chi connectivity index (χ1v) is 11.2. The number of piperidine rings is 1. The number of ketones is 1. The Morgan fingerprint density at radius 3 is 2.53 bits per heavy atom. The topological polar surface area (TPSA) is 63.9 Å². The Bertz CT molecular complexity index is 1230. The summed E-state index contributed by atoms with van der Waals surface area (Å²) in [5, 5.41) is 6.25. The van der Waals surface area contributed by atoms with Gasteiger partial charge in [-0.05, 0) is 49.0 Å². The van der Waals surface area contributed by atoms with Gasteiger partial charge in [0, 0.05) is 61.2 Å². The molecule has 1 aliphatic rings. The third kappa shape index (κ3) is 4.60. The van der Waals surface area contributed by atoms with Gasteiger partial charge >= 0.3 is 0 Å². The number of benzene rings is 1. The van der Waals surface area contributed by atoms with E-state index in [1.165, 1.54) is 5.56 Å². The average molecular weight is 426 g/mol. The summed E-state index contributed by atoms with van der Waals surface area (Å²) in [5.41, 5.74) is 4.02. The van der Waals surface area contributed by atoms with Gasteiger partial charge in [-0.2, -0.15) is 5.10 Å². The molecule has 162 valence electrons. The van der Waals surface area contributed by atoms with E-state index in [4.69, 9.17) is 0 Å². The van der Waals surface area contributed by atoms with Crippen molar-refractivity contribution >= 4 is 16.6 Å². The molecule has 0 aliphatic carbocycles. The Kier molecular flexibility index (Phi) is 5.77. The largest absolute Gasteiger partial charge is 0.299 e. The van der Waals surface area contributed by atoms with Gasteiger partial charge in [0.05, 0.1) is 11.9 Å². The molecule has 5 rings (SSSR count). The summed E-state index contributed by atoms with van der Waals surface area (Å²) in [6.07, 6.45) is 9.65. The third-order valence-electron chi connectivity index (χ3n) is 6.31. The highest BCUT2D eigenvalue weighted by Gasteiger charge is 2.25. The molecular formula is C26H27N5O. The third-order valence-corrected chi connectivity index (χ3v) is 6.31. The van der Waals surface area contributed by atoms with E-state index in [0.29, 0.717) is 12.2 Å². The van der Waals surface area contributed by atoms with Crippen molar-refractivity contribution in [2.24, 2.45) is 13.0 Å². The fraction of sp³-hybridized carbons (Fsp3) is 0.308. The van der Waals surface area contributed by atoms with Crippen LogP contribution in [-0.2, 0) is 24.8 Å². The van der Waals surface area contributed by atoms with Crippen molar-refractivity contribution in [3.8, 4) is 11.3 Å². The summed E-state index contributed by atoms with van der Waals surface area (Å²) >= 11 is 0. The Balaban J connectivity index is 1.22. The summed E-state index contributed by atoms with van der Waals surface area (Å²) in [4.78, 5) is 24.5. The molecule has 1 fully saturated rings. The lowest BCUT2D eigenvalue weighted by Crippen LogP contribution is -2.36. The van der Waals surface area contributed by atoms with E-state index in [1.807, 2.05) is 50.0 Å². The minimum absolute atomic E-state index is 0.128. The molecule has 0 radical (unpaired) electrons. The fourth-order valence-electron chi connectivity index (χ4n) is 4.47. The number of aryl methyl sites for hydroxylation is 1. The number of carbonyl (C=O) groups is 1. The van der Waals surface area contributed by atoms with Crippen LogP contribution in [0.1, 0.15) is 24.1 Å². The van der Waals surface area contributed by atoms with Gasteiger partial charge in [0.25, 0.3) is 0 Å². The van der Waals surface area contributed by atoms with Crippen LogP contribution in [0.2, 0.25) is 0 Å². The molecule has 0 N–H and O–H groups in total. The Morgan fingerprint density at radius 1 is 1.00 bits per heavy atom. The zero-order valence-electron chi connectivity index (χ0n) is 18.3. The molecule has 1 aromatic carbocycles. The van der Waals surface area contributed by atoms with E-state index in [0.717, 1.165) is 60.2 Å². The molecule has 0 amide bonds. The summed E-state index contributed by atoms with van der Waals surface area (Å²) in [6, 6.07) is 14.6. The van der Waals surface area contributed by atoms with Gasteiger partial charge in [0.15, 0.2) is 0 Å². The molecule has 1 saturated heterocycles. The van der Waals surface area contributed by atoms with Crippen molar-refractivity contribution < 1.29 is 4.79 Å². The Labute approximate surface area is 187 Å². The number of hydrogen-bond donors (Lipinski definition) is 0. The van der Waals surface area contributed by atoms with Crippen LogP contribution in [0.5, 0.6) is 0 Å². The highest BCUT2D eigenvalue weighted by atomic mass is 16.1. The van der Waals surface area contributed by atoms with Crippen molar-refractivity contribution in [2.75, 3.05) is 13.1 Å². The van der Waals surface area contributed by atoms with Crippen LogP contribution >= 0.6 is 0 Å². The number of nitrogens with zero attached hydrogens (tertiary/aromatic N) is 5. The van der Waals surface area contributed by atoms with Gasteiger partial charge in [-0.3, -0.25) is 24.3 Å². The van der Waals surface area contributed by atoms with Crippen molar-refractivity contribution in [3.05, 3.63) is 78.5 Å². The van der Waals surface area contributed by atoms with Gasteiger partial charge in [0.1, 0.15) is 5.78 Å². The molecule has 0 saturated carbocycles. The average Bonchev–Trinajstić information content (AvgIpc) is 3.26. The van der Waals surface area contributed by atoms with Gasteiger partial charge in [-0.15, -0.1) is 0 Å². The van der Waals surface area contributed by atoms with E-state index in [9.17, 15) is 4.79 Å². The van der Waals surface area contributed by atoms with Crippen LogP contribution in [0.4, 0.5) is 0 Å². The van der Waals surface area contributed by atoms with E-state index < -0.39 is 0 Å². The fourth-order valence-corrected chi connectivity index (χ4v) is 4.47. The van der Waals surface area contributed by atoms with Gasteiger partial charge < -0.3 is 0 Å². The van der Waals surface area contributed by atoms with E-state index >= 15 is 0 Å². The number of fused-ring (bicyclic) bond motifs is 1. The summed E-state index contributed by atoms with van der Waals surface area (Å²) in [7, 11) is 1.89. The molecule has 6 heteroatoms. The second-order valence-electron chi connectivity index (χ2n) is 8.67. The number of rotatable bonds is 6. The van der Waals surface area contributed by atoms with Crippen LogP contribution in [0.25, 0.3) is 22.0 Å². The number of Topliss-reactive ketones (excluding diaryl/α,β-unsaturated/α-hetero) is 1. The maximum Gasteiger partial charge on any atom is 0.142 e. The normalized spacial score (nSPS) is 15.3. The maximum absolute atomic E-state index is 13.0. The molecular weight excluding hydrogens is 398 g/mol. The number of hydrogen-bond acceptors (Lipinski definition) is 5. The van der Waals surface area contributed by atoms with Crippen LogP contribution in [0, 0.1) is 5.92 Å². The lowest BCUT2D eigenvalue weighted by molar-refractivity contribution is -0.123. The van der Waals surface area contributed by atoms with Crippen molar-refractivity contribution in [2.45, 2.75) is 25.8 Å². The Hall–Kier alpha value is -3.38. The second-order valence-corrected chi connectivity index (χ2v) is 8.67. The molecule has 6 nitrogen and oxygen atoms in total. The predicted octanol–water partition coefficient (Wildman–Crippen LogP) is 4.05. The number of pyridine rings is 2. The number of aromatic nitrogens is 4. The summed E-state index contributed by atoms with van der Waals surface area (Å²) in [5.74, 6) is 0.431. The van der Waals surface area contributed by atoms with Gasteiger partial charge in [-0.1, -0.05) is 30.3 Å². The minimum atomic E-state index is 0.128. The smallest absolute Gasteiger partial charge is 0.142 e. The molecule has 0 atom stereocenters. The van der Waals surface area contributed by atoms with Crippen LogP contribution in [0.15, 0.2) is 67.3 Å². The van der Waals surface area contributed by atoms with Crippen LogP contribution in [-0.4, -0.2) is 43.5 Å². The molecule has 1 aliphatic heterocycles. The van der Waals surface area contributed by atoms with Crippen LogP contribution < -0.4 is 0 Å². The molecule has 4 heterocycles. The van der Waals surface area contributed by atoms with Gasteiger partial charge in [-0.25, -0.2) is 0 Å². The van der Waals surface area contributed by atoms with Gasteiger partial charge in [0.2, 0.25) is 0 Å². The van der Waals surface area contributed by atoms with Crippen molar-refractivity contribution in [1.82, 2.24) is 24.6 Å². The lowest BCUT2D eigenvalue weighted by Gasteiger charge is -2.31. The SMILES string of the molecule is Cn1cc(-c2cc3cc(CC(=O)C4CCN(Cc5ccccc5)CC4)ncc3cn2)cn1. The van der Waals surface area contributed by atoms with Crippen molar-refractivity contribution in [3.63, 3.8) is 0 Å². The zero-order chi connectivity index (χ0) is 21.9. The van der Waals surface area contributed by atoms with E-state index in [1.54, 1.807) is 4.68 Å². The predicted molar refractivity (Wildman–Crippen MR) is 125 cm³/mol. The monoisotopic (exact) mass is 425 g/mol. The number of likely N-dealkylation sites (tertiary alicyclic amines) is 1. The molecule has 0 spiro atoms. The minimum Gasteiger partial charge on any atom is -0.299 e. The number of carbonyl (C=O) groups excluding carboxylic acids is 1. The zero-order valence-corrected chi connectivity index (χ0v) is 18.3. The first kappa shape index (κ1) is 20.5. The highest BCUT2D eigenvalue weighted by molar-refractivity contribution is 5.87. The molecule has 0 bridgehead atoms. The van der Waals surface area contributed by atoms with E-state index in [2.05, 4.69) is 44.2 Å². The highest BCUT2D eigenvalue weighted by Crippen LogP contribution is 2.24. The molecule has 3 aromatic heterocycles. The first-order valence-electron chi connectivity index (χ1n) is 11.2. The Morgan fingerprint density at radius 2 is 1.78 bits per heavy atom. The lowest BCUT2D eigenvalue weighted by atomic mass is 9.90.